The number of likely N-dealkylation sites (tertiary alicyclic amines) is 1. The Morgan fingerprint density at radius 1 is 1.11 bits per heavy atom. The van der Waals surface area contributed by atoms with E-state index in [2.05, 4.69) is 48.2 Å². The van der Waals surface area contributed by atoms with E-state index in [-0.39, 0.29) is 12.0 Å². The quantitative estimate of drug-likeness (QED) is 0.749. The fourth-order valence-corrected chi connectivity index (χ4v) is 4.34. The van der Waals surface area contributed by atoms with E-state index in [0.717, 1.165) is 45.3 Å². The molecular weight excluding hydrogens is 348 g/mol. The number of methoxy groups -OCH3 is 1. The summed E-state index contributed by atoms with van der Waals surface area (Å²) in [5.74, 6) is -0.0831. The van der Waals surface area contributed by atoms with Gasteiger partial charge in [-0.25, -0.2) is 0 Å². The van der Waals surface area contributed by atoms with E-state index >= 15 is 0 Å². The third kappa shape index (κ3) is 5.00. The molecule has 1 saturated heterocycles. The first kappa shape index (κ1) is 20.6. The summed E-state index contributed by atoms with van der Waals surface area (Å²) in [7, 11) is 1.50. The Kier molecular flexibility index (Phi) is 6.87. The maximum absolute atomic E-state index is 12.6. The van der Waals surface area contributed by atoms with Gasteiger partial charge in [0.05, 0.1) is 12.5 Å². The molecule has 0 aliphatic carbocycles. The molecule has 4 heteroatoms. The Morgan fingerprint density at radius 2 is 1.75 bits per heavy atom. The lowest BCUT2D eigenvalue weighted by Crippen LogP contribution is -2.49. The van der Waals surface area contributed by atoms with Crippen LogP contribution in [-0.2, 0) is 22.4 Å². The number of rotatable bonds is 7. The number of hydrogen-bond donors (Lipinski definition) is 1. The van der Waals surface area contributed by atoms with Crippen LogP contribution in [0.4, 0.5) is 0 Å². The maximum atomic E-state index is 12.6. The van der Waals surface area contributed by atoms with Gasteiger partial charge in [0.15, 0.2) is 0 Å². The molecule has 4 nitrogen and oxygen atoms in total. The summed E-state index contributed by atoms with van der Waals surface area (Å²) in [6.07, 6.45) is 3.25. The monoisotopic (exact) mass is 380 g/mol. The Morgan fingerprint density at radius 3 is 2.39 bits per heavy atom. The highest BCUT2D eigenvalue weighted by molar-refractivity contribution is 5.77. The van der Waals surface area contributed by atoms with Gasteiger partial charge >= 0.3 is 5.97 Å². The fraction of sp³-hybridized carbons (Fsp3) is 0.458. The molecule has 2 N–H and O–H groups in total. The normalized spacial score (nSPS) is 17.8. The van der Waals surface area contributed by atoms with Crippen molar-refractivity contribution in [1.29, 1.82) is 0 Å². The van der Waals surface area contributed by atoms with Gasteiger partial charge in [-0.15, -0.1) is 0 Å². The molecule has 0 amide bonds. The summed E-state index contributed by atoms with van der Waals surface area (Å²) < 4.78 is 5.19. The van der Waals surface area contributed by atoms with Gasteiger partial charge in [-0.05, 0) is 62.4 Å². The molecular formula is C24H32N2O2. The Hall–Kier alpha value is -2.17. The predicted molar refractivity (Wildman–Crippen MR) is 113 cm³/mol. The van der Waals surface area contributed by atoms with Gasteiger partial charge < -0.3 is 15.4 Å². The fourth-order valence-electron chi connectivity index (χ4n) is 4.34. The minimum Gasteiger partial charge on any atom is -0.469 e. The van der Waals surface area contributed by atoms with E-state index in [9.17, 15) is 4.79 Å². The molecule has 1 unspecified atom stereocenters. The zero-order chi connectivity index (χ0) is 20.0. The molecule has 1 atom stereocenters. The lowest BCUT2D eigenvalue weighted by atomic mass is 9.73. The van der Waals surface area contributed by atoms with Crippen LogP contribution in [0.1, 0.15) is 29.5 Å². The summed E-state index contributed by atoms with van der Waals surface area (Å²) in [6, 6.07) is 18.8. The van der Waals surface area contributed by atoms with E-state index in [0.29, 0.717) is 0 Å². The van der Waals surface area contributed by atoms with Gasteiger partial charge in [-0.2, -0.15) is 0 Å². The average molecular weight is 381 g/mol. The first-order valence-electron chi connectivity index (χ1n) is 10.2. The maximum Gasteiger partial charge on any atom is 0.312 e. The van der Waals surface area contributed by atoms with Crippen molar-refractivity contribution in [2.75, 3.05) is 26.7 Å². The number of esters is 1. The van der Waals surface area contributed by atoms with Crippen molar-refractivity contribution in [1.82, 2.24) is 4.90 Å². The number of hydrogen-bond acceptors (Lipinski definition) is 4. The molecule has 3 rings (SSSR count). The summed E-state index contributed by atoms with van der Waals surface area (Å²) in [5.41, 5.74) is 9.83. The van der Waals surface area contributed by atoms with Crippen molar-refractivity contribution in [3.05, 3.63) is 71.3 Å². The number of nitrogens with zero attached hydrogens (tertiary/aromatic N) is 1. The van der Waals surface area contributed by atoms with Crippen LogP contribution in [0.25, 0.3) is 0 Å². The van der Waals surface area contributed by atoms with Crippen molar-refractivity contribution >= 4 is 5.97 Å². The van der Waals surface area contributed by atoms with Crippen LogP contribution >= 0.6 is 0 Å². The number of nitrogens with two attached hydrogens (primary N) is 1. The lowest BCUT2D eigenvalue weighted by Gasteiger charge is -2.40. The van der Waals surface area contributed by atoms with Gasteiger partial charge in [0.1, 0.15) is 0 Å². The molecule has 0 aromatic heterocycles. The van der Waals surface area contributed by atoms with Crippen molar-refractivity contribution in [3.8, 4) is 0 Å². The number of carbonyl (C=O) groups is 1. The molecule has 0 bridgehead atoms. The van der Waals surface area contributed by atoms with E-state index in [4.69, 9.17) is 10.5 Å². The Bertz CT molecular complexity index is 767. The predicted octanol–water partition coefficient (Wildman–Crippen LogP) is 3.36. The second-order valence-corrected chi connectivity index (χ2v) is 8.13. The van der Waals surface area contributed by atoms with Crippen molar-refractivity contribution in [2.45, 2.75) is 38.6 Å². The van der Waals surface area contributed by atoms with Crippen LogP contribution < -0.4 is 5.73 Å². The number of carbonyl (C=O) groups excluding carboxylic acids is 1. The third-order valence-electron chi connectivity index (χ3n) is 6.05. The standard InChI is InChI=1S/C24H32N2O2/c1-19-8-6-7-11-21(19)16-22(25)18-26-14-12-24(13-15-26,23(27)28-2)17-20-9-4-3-5-10-20/h3-11,22H,12-18,25H2,1-2H3. The molecule has 0 saturated carbocycles. The van der Waals surface area contributed by atoms with Gasteiger partial charge in [-0.3, -0.25) is 4.79 Å². The van der Waals surface area contributed by atoms with E-state index in [1.165, 1.54) is 23.8 Å². The zero-order valence-corrected chi connectivity index (χ0v) is 17.1. The Balaban J connectivity index is 1.59. The molecule has 2 aromatic rings. The van der Waals surface area contributed by atoms with Crippen molar-refractivity contribution in [2.24, 2.45) is 11.1 Å². The second kappa shape index (κ2) is 9.35. The molecule has 2 aromatic carbocycles. The summed E-state index contributed by atoms with van der Waals surface area (Å²) in [4.78, 5) is 15.0. The zero-order valence-electron chi connectivity index (χ0n) is 17.1. The van der Waals surface area contributed by atoms with E-state index in [1.807, 2.05) is 18.2 Å². The summed E-state index contributed by atoms with van der Waals surface area (Å²) in [6.45, 7) is 4.75. The number of benzene rings is 2. The average Bonchev–Trinajstić information content (AvgIpc) is 2.71. The molecule has 1 fully saturated rings. The van der Waals surface area contributed by atoms with Crippen LogP contribution in [0.15, 0.2) is 54.6 Å². The van der Waals surface area contributed by atoms with Gasteiger partial charge in [0.2, 0.25) is 0 Å². The Labute approximate surface area is 168 Å². The molecule has 150 valence electrons. The molecule has 1 aliphatic heterocycles. The van der Waals surface area contributed by atoms with Crippen LogP contribution in [0.5, 0.6) is 0 Å². The summed E-state index contributed by atoms with van der Waals surface area (Å²) >= 11 is 0. The minimum absolute atomic E-state index is 0.0831. The number of ether oxygens (including phenoxy) is 1. The lowest BCUT2D eigenvalue weighted by molar-refractivity contribution is -0.156. The van der Waals surface area contributed by atoms with Crippen molar-refractivity contribution in [3.63, 3.8) is 0 Å². The highest BCUT2D eigenvalue weighted by atomic mass is 16.5. The molecule has 28 heavy (non-hydrogen) atoms. The number of aryl methyl sites for hydroxylation is 1. The molecule has 1 heterocycles. The topological polar surface area (TPSA) is 55.6 Å². The summed E-state index contributed by atoms with van der Waals surface area (Å²) in [5, 5.41) is 0. The van der Waals surface area contributed by atoms with Gasteiger partial charge in [0, 0.05) is 12.6 Å². The van der Waals surface area contributed by atoms with Gasteiger partial charge in [-0.1, -0.05) is 54.6 Å². The van der Waals surface area contributed by atoms with E-state index < -0.39 is 5.41 Å². The number of piperidine rings is 1. The molecule has 0 radical (unpaired) electrons. The van der Waals surface area contributed by atoms with E-state index in [1.54, 1.807) is 0 Å². The minimum atomic E-state index is -0.424. The van der Waals surface area contributed by atoms with Crippen molar-refractivity contribution < 1.29 is 9.53 Å². The van der Waals surface area contributed by atoms with Crippen LogP contribution in [0.2, 0.25) is 0 Å². The third-order valence-corrected chi connectivity index (χ3v) is 6.05. The first-order valence-corrected chi connectivity index (χ1v) is 10.2. The van der Waals surface area contributed by atoms with Gasteiger partial charge in [0.25, 0.3) is 0 Å². The van der Waals surface area contributed by atoms with Crippen LogP contribution in [-0.4, -0.2) is 43.7 Å². The second-order valence-electron chi connectivity index (χ2n) is 8.13. The molecule has 0 spiro atoms. The SMILES string of the molecule is COC(=O)C1(Cc2ccccc2)CCN(CC(N)Cc2ccccc2C)CC1. The highest BCUT2D eigenvalue weighted by Gasteiger charge is 2.42. The largest absolute Gasteiger partial charge is 0.469 e. The van der Waals surface area contributed by atoms with Crippen LogP contribution in [0.3, 0.4) is 0 Å². The highest BCUT2D eigenvalue weighted by Crippen LogP contribution is 2.36. The first-order chi connectivity index (χ1) is 13.5. The smallest absolute Gasteiger partial charge is 0.312 e. The van der Waals surface area contributed by atoms with Crippen LogP contribution in [0, 0.1) is 12.3 Å². The molecule has 1 aliphatic rings.